The highest BCUT2D eigenvalue weighted by Crippen LogP contribution is 2.32. The second-order valence-corrected chi connectivity index (χ2v) is 5.61. The summed E-state index contributed by atoms with van der Waals surface area (Å²) in [6, 6.07) is 0.730. The maximum atomic E-state index is 2.57. The maximum Gasteiger partial charge on any atom is 0.0218 e. The maximum absolute atomic E-state index is 2.57. The summed E-state index contributed by atoms with van der Waals surface area (Å²) in [6.07, 6.45) is 17.9. The molecule has 0 saturated carbocycles. The first kappa shape index (κ1) is 12.9. The monoisotopic (exact) mass is 233 g/mol. The molecule has 1 nitrogen and oxygen atoms in total. The second kappa shape index (κ2) is 6.39. The van der Waals surface area contributed by atoms with Crippen LogP contribution in [0.25, 0.3) is 0 Å². The Bertz CT molecular complexity index is 255. The molecule has 2 atom stereocenters. The zero-order valence-corrected chi connectivity index (χ0v) is 11.4. The summed E-state index contributed by atoms with van der Waals surface area (Å²) in [5.74, 6) is 1.56. The first-order valence-electron chi connectivity index (χ1n) is 7.36. The number of hydrogen-bond donors (Lipinski definition) is 0. The summed E-state index contributed by atoms with van der Waals surface area (Å²) >= 11 is 0. The second-order valence-electron chi connectivity index (χ2n) is 5.61. The van der Waals surface area contributed by atoms with Crippen LogP contribution >= 0.6 is 0 Å². The summed E-state index contributed by atoms with van der Waals surface area (Å²) in [5, 5.41) is 0. The van der Waals surface area contributed by atoms with Crippen LogP contribution in [-0.4, -0.2) is 24.5 Å². The van der Waals surface area contributed by atoms with Crippen molar-refractivity contribution in [2.45, 2.75) is 51.5 Å². The first-order chi connectivity index (χ1) is 8.33. The van der Waals surface area contributed by atoms with Crippen LogP contribution in [0.5, 0.6) is 0 Å². The van der Waals surface area contributed by atoms with E-state index in [-0.39, 0.29) is 0 Å². The Labute approximate surface area is 107 Å². The van der Waals surface area contributed by atoms with Crippen LogP contribution < -0.4 is 0 Å². The van der Waals surface area contributed by atoms with Gasteiger partial charge in [0.05, 0.1) is 0 Å². The molecule has 2 unspecified atom stereocenters. The van der Waals surface area contributed by atoms with Crippen molar-refractivity contribution in [3.8, 4) is 0 Å². The molecule has 96 valence electrons. The zero-order valence-electron chi connectivity index (χ0n) is 11.4. The SMILES string of the molecule is CCN(C)C(C1C=CCCC1)C1C=CCCC1. The largest absolute Gasteiger partial charge is 0.303 e. The molecule has 0 radical (unpaired) electrons. The fraction of sp³-hybridized carbons (Fsp3) is 0.750. The molecule has 0 aromatic heterocycles. The normalized spacial score (nSPS) is 30.8. The molecule has 0 N–H and O–H groups in total. The Morgan fingerprint density at radius 2 is 1.59 bits per heavy atom. The van der Waals surface area contributed by atoms with Crippen LogP contribution in [0.15, 0.2) is 24.3 Å². The van der Waals surface area contributed by atoms with Gasteiger partial charge >= 0.3 is 0 Å². The molecule has 17 heavy (non-hydrogen) atoms. The van der Waals surface area contributed by atoms with E-state index in [9.17, 15) is 0 Å². The van der Waals surface area contributed by atoms with Crippen molar-refractivity contribution in [3.05, 3.63) is 24.3 Å². The number of allylic oxidation sites excluding steroid dienone is 2. The molecular weight excluding hydrogens is 206 g/mol. The van der Waals surface area contributed by atoms with Crippen LogP contribution in [-0.2, 0) is 0 Å². The summed E-state index contributed by atoms with van der Waals surface area (Å²) in [6.45, 7) is 3.45. The molecule has 0 fully saturated rings. The molecule has 2 rings (SSSR count). The molecule has 0 amide bonds. The summed E-state index contributed by atoms with van der Waals surface area (Å²) < 4.78 is 0. The van der Waals surface area contributed by atoms with Gasteiger partial charge in [-0.2, -0.15) is 0 Å². The van der Waals surface area contributed by atoms with Gasteiger partial charge in [0.15, 0.2) is 0 Å². The minimum absolute atomic E-state index is 0.730. The molecular formula is C16H27N. The van der Waals surface area contributed by atoms with Crippen molar-refractivity contribution in [2.24, 2.45) is 11.8 Å². The predicted octanol–water partition coefficient (Wildman–Crippen LogP) is 4.02. The number of nitrogens with zero attached hydrogens (tertiary/aromatic N) is 1. The molecule has 0 spiro atoms. The van der Waals surface area contributed by atoms with E-state index in [1.54, 1.807) is 0 Å². The van der Waals surface area contributed by atoms with Crippen molar-refractivity contribution in [3.63, 3.8) is 0 Å². The lowest BCUT2D eigenvalue weighted by atomic mass is 9.78. The van der Waals surface area contributed by atoms with Crippen molar-refractivity contribution < 1.29 is 0 Å². The molecule has 0 aromatic carbocycles. The predicted molar refractivity (Wildman–Crippen MR) is 75.1 cm³/mol. The summed E-state index contributed by atoms with van der Waals surface area (Å²) in [5.41, 5.74) is 0. The van der Waals surface area contributed by atoms with Gasteiger partial charge in [0, 0.05) is 6.04 Å². The number of hydrogen-bond acceptors (Lipinski definition) is 1. The molecule has 2 aliphatic rings. The highest BCUT2D eigenvalue weighted by Gasteiger charge is 2.30. The highest BCUT2D eigenvalue weighted by atomic mass is 15.1. The summed E-state index contributed by atoms with van der Waals surface area (Å²) in [4.78, 5) is 2.57. The van der Waals surface area contributed by atoms with E-state index in [0.717, 1.165) is 17.9 Å². The van der Waals surface area contributed by atoms with Gasteiger partial charge in [-0.25, -0.2) is 0 Å². The van der Waals surface area contributed by atoms with E-state index in [2.05, 4.69) is 43.2 Å². The van der Waals surface area contributed by atoms with Crippen molar-refractivity contribution in [2.75, 3.05) is 13.6 Å². The lowest BCUT2D eigenvalue weighted by Crippen LogP contribution is -2.43. The third-order valence-corrected chi connectivity index (χ3v) is 4.47. The topological polar surface area (TPSA) is 3.24 Å². The third kappa shape index (κ3) is 3.22. The Morgan fingerprint density at radius 3 is 1.94 bits per heavy atom. The fourth-order valence-corrected chi connectivity index (χ4v) is 3.43. The van der Waals surface area contributed by atoms with Gasteiger partial charge in [-0.1, -0.05) is 31.2 Å². The van der Waals surface area contributed by atoms with Crippen LogP contribution in [0.2, 0.25) is 0 Å². The van der Waals surface area contributed by atoms with Gasteiger partial charge in [0.25, 0.3) is 0 Å². The zero-order chi connectivity index (χ0) is 12.1. The average molecular weight is 233 g/mol. The Balaban J connectivity index is 2.11. The third-order valence-electron chi connectivity index (χ3n) is 4.47. The van der Waals surface area contributed by atoms with E-state index in [0.29, 0.717) is 0 Å². The summed E-state index contributed by atoms with van der Waals surface area (Å²) in [7, 11) is 2.30. The Kier molecular flexibility index (Phi) is 4.85. The Morgan fingerprint density at radius 1 is 1.06 bits per heavy atom. The van der Waals surface area contributed by atoms with Gasteiger partial charge < -0.3 is 4.90 Å². The molecule has 0 saturated heterocycles. The van der Waals surface area contributed by atoms with Crippen LogP contribution in [0.1, 0.15) is 45.4 Å². The van der Waals surface area contributed by atoms with Gasteiger partial charge in [0.2, 0.25) is 0 Å². The van der Waals surface area contributed by atoms with E-state index in [1.165, 1.54) is 45.1 Å². The van der Waals surface area contributed by atoms with Gasteiger partial charge in [-0.05, 0) is 64.0 Å². The molecule has 2 aliphatic carbocycles. The van der Waals surface area contributed by atoms with Gasteiger partial charge in [-0.3, -0.25) is 0 Å². The van der Waals surface area contributed by atoms with Crippen LogP contribution in [0.4, 0.5) is 0 Å². The lowest BCUT2D eigenvalue weighted by Gasteiger charge is -2.39. The molecule has 0 aromatic rings. The van der Waals surface area contributed by atoms with Crippen LogP contribution in [0.3, 0.4) is 0 Å². The quantitative estimate of drug-likeness (QED) is 0.663. The standard InChI is InChI=1S/C16H27N/c1-3-17(2)16(14-10-6-4-7-11-14)15-12-8-5-9-13-15/h6,8,10,12,14-16H,3-5,7,9,11,13H2,1-2H3. The first-order valence-corrected chi connectivity index (χ1v) is 7.36. The van der Waals surface area contributed by atoms with Crippen LogP contribution in [0, 0.1) is 11.8 Å². The minimum atomic E-state index is 0.730. The van der Waals surface area contributed by atoms with E-state index in [1.807, 2.05) is 0 Å². The smallest absolute Gasteiger partial charge is 0.0218 e. The minimum Gasteiger partial charge on any atom is -0.303 e. The fourth-order valence-electron chi connectivity index (χ4n) is 3.43. The number of rotatable bonds is 4. The van der Waals surface area contributed by atoms with Crippen molar-refractivity contribution in [1.29, 1.82) is 0 Å². The molecule has 1 heteroatoms. The van der Waals surface area contributed by atoms with Gasteiger partial charge in [-0.15, -0.1) is 0 Å². The van der Waals surface area contributed by atoms with Crippen molar-refractivity contribution >= 4 is 0 Å². The Hall–Kier alpha value is -0.560. The van der Waals surface area contributed by atoms with Gasteiger partial charge in [0.1, 0.15) is 0 Å². The molecule has 0 heterocycles. The average Bonchev–Trinajstić information content (AvgIpc) is 2.41. The molecule has 0 aliphatic heterocycles. The van der Waals surface area contributed by atoms with Crippen molar-refractivity contribution in [1.82, 2.24) is 4.90 Å². The van der Waals surface area contributed by atoms with E-state index >= 15 is 0 Å². The highest BCUT2D eigenvalue weighted by molar-refractivity contribution is 5.06. The molecule has 0 bridgehead atoms. The van der Waals surface area contributed by atoms with E-state index in [4.69, 9.17) is 0 Å². The van der Waals surface area contributed by atoms with E-state index < -0.39 is 0 Å². The lowest BCUT2D eigenvalue weighted by molar-refractivity contribution is 0.145.